The first-order valence-corrected chi connectivity index (χ1v) is 7.32. The summed E-state index contributed by atoms with van der Waals surface area (Å²) >= 11 is 3.42. The number of likely N-dealkylation sites (tertiary alicyclic amines) is 1. The highest BCUT2D eigenvalue weighted by Crippen LogP contribution is 2.24. The molecule has 0 saturated carbocycles. The minimum Gasteiger partial charge on any atom is -0.491 e. The lowest BCUT2D eigenvalue weighted by Crippen LogP contribution is -2.46. The van der Waals surface area contributed by atoms with Gasteiger partial charge in [-0.05, 0) is 47.4 Å². The van der Waals surface area contributed by atoms with Crippen molar-refractivity contribution in [2.45, 2.75) is 25.3 Å². The van der Waals surface area contributed by atoms with Crippen molar-refractivity contribution in [3.63, 3.8) is 0 Å². The van der Waals surface area contributed by atoms with Crippen molar-refractivity contribution < 1.29 is 14.6 Å². The Morgan fingerprint density at radius 1 is 1.42 bits per heavy atom. The lowest BCUT2D eigenvalue weighted by atomic mass is 10.0. The lowest BCUT2D eigenvalue weighted by molar-refractivity contribution is -0.144. The van der Waals surface area contributed by atoms with Gasteiger partial charge < -0.3 is 9.84 Å². The van der Waals surface area contributed by atoms with Gasteiger partial charge >= 0.3 is 5.97 Å². The molecule has 1 atom stereocenters. The third-order valence-corrected chi connectivity index (χ3v) is 4.03. The number of rotatable bonds is 5. The van der Waals surface area contributed by atoms with Gasteiger partial charge in [0.2, 0.25) is 0 Å². The maximum atomic E-state index is 11.2. The second-order valence-electron chi connectivity index (χ2n) is 4.66. The fraction of sp³-hybridized carbons (Fsp3) is 0.500. The van der Waals surface area contributed by atoms with E-state index in [1.165, 1.54) is 0 Å². The lowest BCUT2D eigenvalue weighted by Gasteiger charge is -2.32. The number of carboxylic acid groups (broad SMARTS) is 1. The van der Waals surface area contributed by atoms with E-state index in [-0.39, 0.29) is 6.04 Å². The second-order valence-corrected chi connectivity index (χ2v) is 5.52. The average molecular weight is 328 g/mol. The number of carbonyl (C=O) groups is 1. The van der Waals surface area contributed by atoms with Crippen LogP contribution in [0, 0.1) is 0 Å². The SMILES string of the molecule is O=C(O)C1CCCCN1CCOc1ccccc1Br. The van der Waals surface area contributed by atoms with Crippen LogP contribution in [0.4, 0.5) is 0 Å². The molecule has 2 rings (SSSR count). The number of hydrogen-bond acceptors (Lipinski definition) is 3. The summed E-state index contributed by atoms with van der Waals surface area (Å²) in [6.07, 6.45) is 2.81. The fourth-order valence-corrected chi connectivity index (χ4v) is 2.77. The van der Waals surface area contributed by atoms with E-state index in [1.807, 2.05) is 29.2 Å². The van der Waals surface area contributed by atoms with E-state index in [4.69, 9.17) is 4.74 Å². The standard InChI is InChI=1S/C14H18BrNO3/c15-11-5-1-2-7-13(11)19-10-9-16-8-4-3-6-12(16)14(17)18/h1-2,5,7,12H,3-4,6,8-10H2,(H,17,18). The van der Waals surface area contributed by atoms with Crippen LogP contribution in [0.2, 0.25) is 0 Å². The molecule has 0 aliphatic carbocycles. The Balaban J connectivity index is 1.84. The Kier molecular flexibility index (Phi) is 5.22. The molecule has 1 unspecified atom stereocenters. The summed E-state index contributed by atoms with van der Waals surface area (Å²) < 4.78 is 6.61. The number of halogens is 1. The molecule has 4 nitrogen and oxygen atoms in total. The van der Waals surface area contributed by atoms with Gasteiger partial charge in [0, 0.05) is 6.54 Å². The van der Waals surface area contributed by atoms with Crippen molar-refractivity contribution in [1.29, 1.82) is 0 Å². The molecular weight excluding hydrogens is 310 g/mol. The molecule has 1 aliphatic rings. The fourth-order valence-electron chi connectivity index (χ4n) is 2.37. The first-order chi connectivity index (χ1) is 9.18. The van der Waals surface area contributed by atoms with Crippen molar-refractivity contribution in [3.05, 3.63) is 28.7 Å². The minimum atomic E-state index is -0.722. The summed E-state index contributed by atoms with van der Waals surface area (Å²) in [4.78, 5) is 13.2. The van der Waals surface area contributed by atoms with Crippen molar-refractivity contribution in [2.24, 2.45) is 0 Å². The topological polar surface area (TPSA) is 49.8 Å². The zero-order valence-electron chi connectivity index (χ0n) is 10.7. The van der Waals surface area contributed by atoms with Gasteiger partial charge in [0.1, 0.15) is 18.4 Å². The van der Waals surface area contributed by atoms with E-state index < -0.39 is 5.97 Å². The van der Waals surface area contributed by atoms with Crippen LogP contribution in [-0.4, -0.2) is 41.7 Å². The third-order valence-electron chi connectivity index (χ3n) is 3.37. The van der Waals surface area contributed by atoms with Crippen LogP contribution >= 0.6 is 15.9 Å². The van der Waals surface area contributed by atoms with Crippen LogP contribution in [0.1, 0.15) is 19.3 Å². The summed E-state index contributed by atoms with van der Waals surface area (Å²) in [7, 11) is 0. The van der Waals surface area contributed by atoms with Crippen molar-refractivity contribution >= 4 is 21.9 Å². The predicted molar refractivity (Wildman–Crippen MR) is 76.5 cm³/mol. The molecule has 19 heavy (non-hydrogen) atoms. The van der Waals surface area contributed by atoms with Gasteiger partial charge in [-0.25, -0.2) is 0 Å². The number of piperidine rings is 1. The molecule has 0 spiro atoms. The van der Waals surface area contributed by atoms with Crippen molar-refractivity contribution in [2.75, 3.05) is 19.7 Å². The van der Waals surface area contributed by atoms with Gasteiger partial charge in [0.25, 0.3) is 0 Å². The van der Waals surface area contributed by atoms with E-state index in [9.17, 15) is 9.90 Å². The molecule has 0 aromatic heterocycles. The molecule has 5 heteroatoms. The Morgan fingerprint density at radius 2 is 2.21 bits per heavy atom. The summed E-state index contributed by atoms with van der Waals surface area (Å²) in [6, 6.07) is 7.32. The summed E-state index contributed by atoms with van der Waals surface area (Å²) in [5.74, 6) is 0.0759. The molecule has 1 heterocycles. The van der Waals surface area contributed by atoms with Crippen LogP contribution in [0.25, 0.3) is 0 Å². The van der Waals surface area contributed by atoms with E-state index in [1.54, 1.807) is 0 Å². The highest BCUT2D eigenvalue weighted by molar-refractivity contribution is 9.10. The van der Waals surface area contributed by atoms with E-state index >= 15 is 0 Å². The van der Waals surface area contributed by atoms with Gasteiger partial charge in [-0.2, -0.15) is 0 Å². The molecule has 1 aromatic rings. The molecule has 1 aromatic carbocycles. The Bertz CT molecular complexity index is 438. The van der Waals surface area contributed by atoms with Gasteiger partial charge in [-0.1, -0.05) is 18.6 Å². The average Bonchev–Trinajstić information content (AvgIpc) is 2.41. The van der Waals surface area contributed by atoms with Gasteiger partial charge in [-0.3, -0.25) is 9.69 Å². The molecule has 1 saturated heterocycles. The highest BCUT2D eigenvalue weighted by atomic mass is 79.9. The zero-order chi connectivity index (χ0) is 13.7. The second kappa shape index (κ2) is 6.91. The number of hydrogen-bond donors (Lipinski definition) is 1. The number of nitrogens with zero attached hydrogens (tertiary/aromatic N) is 1. The minimum absolute atomic E-state index is 0.350. The molecule has 1 fully saturated rings. The third kappa shape index (κ3) is 3.94. The quantitative estimate of drug-likeness (QED) is 0.903. The molecule has 0 bridgehead atoms. The van der Waals surface area contributed by atoms with E-state index in [0.717, 1.165) is 36.0 Å². The molecular formula is C14H18BrNO3. The van der Waals surface area contributed by atoms with Gasteiger partial charge in [-0.15, -0.1) is 0 Å². The van der Waals surface area contributed by atoms with E-state index in [0.29, 0.717) is 13.2 Å². The summed E-state index contributed by atoms with van der Waals surface area (Å²) in [6.45, 7) is 2.00. The Morgan fingerprint density at radius 3 is 2.95 bits per heavy atom. The molecule has 1 aliphatic heterocycles. The Hall–Kier alpha value is -1.07. The number of carboxylic acids is 1. The predicted octanol–water partition coefficient (Wildman–Crippen LogP) is 2.77. The molecule has 0 amide bonds. The van der Waals surface area contributed by atoms with E-state index in [2.05, 4.69) is 15.9 Å². The largest absolute Gasteiger partial charge is 0.491 e. The maximum Gasteiger partial charge on any atom is 0.320 e. The van der Waals surface area contributed by atoms with Crippen molar-refractivity contribution in [1.82, 2.24) is 4.90 Å². The highest BCUT2D eigenvalue weighted by Gasteiger charge is 2.27. The summed E-state index contributed by atoms with van der Waals surface area (Å²) in [5.41, 5.74) is 0. The van der Waals surface area contributed by atoms with Crippen LogP contribution in [0.5, 0.6) is 5.75 Å². The van der Waals surface area contributed by atoms with Crippen molar-refractivity contribution in [3.8, 4) is 5.75 Å². The van der Waals surface area contributed by atoms with Gasteiger partial charge in [0.15, 0.2) is 0 Å². The molecule has 104 valence electrons. The van der Waals surface area contributed by atoms with Gasteiger partial charge in [0.05, 0.1) is 4.47 Å². The number of benzene rings is 1. The first kappa shape index (κ1) is 14.3. The first-order valence-electron chi connectivity index (χ1n) is 6.52. The normalized spacial score (nSPS) is 20.2. The maximum absolute atomic E-state index is 11.2. The van der Waals surface area contributed by atoms with Crippen LogP contribution < -0.4 is 4.74 Å². The zero-order valence-corrected chi connectivity index (χ0v) is 12.3. The molecule has 0 radical (unpaired) electrons. The number of ether oxygens (including phenoxy) is 1. The number of para-hydroxylation sites is 1. The monoisotopic (exact) mass is 327 g/mol. The number of aliphatic carboxylic acids is 1. The Labute approximate surface area is 121 Å². The molecule has 1 N–H and O–H groups in total. The van der Waals surface area contributed by atoms with Crippen LogP contribution in [0.3, 0.4) is 0 Å². The van der Waals surface area contributed by atoms with Crippen LogP contribution in [-0.2, 0) is 4.79 Å². The van der Waals surface area contributed by atoms with Crippen LogP contribution in [0.15, 0.2) is 28.7 Å². The summed E-state index contributed by atoms with van der Waals surface area (Å²) in [5, 5.41) is 9.18. The smallest absolute Gasteiger partial charge is 0.320 e.